The fourth-order valence-electron chi connectivity index (χ4n) is 1.97. The summed E-state index contributed by atoms with van der Waals surface area (Å²) in [5, 5.41) is -0.0444. The van der Waals surface area contributed by atoms with E-state index in [0.29, 0.717) is 0 Å². The van der Waals surface area contributed by atoms with Crippen molar-refractivity contribution in [2.45, 2.75) is 0 Å². The Morgan fingerprint density at radius 1 is 1.40 bits per heavy atom. The summed E-state index contributed by atoms with van der Waals surface area (Å²) in [4.78, 5) is 20.2. The molecular formula is C16H14Cl2FN3O3. The van der Waals surface area contributed by atoms with Crippen molar-refractivity contribution >= 4 is 34.8 Å². The van der Waals surface area contributed by atoms with Gasteiger partial charge in [-0.25, -0.2) is 14.4 Å². The lowest BCUT2D eigenvalue weighted by Gasteiger charge is -2.11. The van der Waals surface area contributed by atoms with Crippen molar-refractivity contribution < 1.29 is 18.7 Å². The van der Waals surface area contributed by atoms with Gasteiger partial charge in [0.2, 0.25) is 5.78 Å². The number of benzene rings is 1. The zero-order valence-electron chi connectivity index (χ0n) is 13.2. The Balaban J connectivity index is 2.50. The Kier molecular flexibility index (Phi) is 6.30. The van der Waals surface area contributed by atoms with Crippen molar-refractivity contribution in [2.75, 3.05) is 26.1 Å². The van der Waals surface area contributed by atoms with Crippen LogP contribution in [0.2, 0.25) is 10.0 Å². The molecule has 0 aliphatic carbocycles. The lowest BCUT2D eigenvalue weighted by molar-refractivity contribution is 0.0801. The van der Waals surface area contributed by atoms with Gasteiger partial charge in [0, 0.05) is 0 Å². The van der Waals surface area contributed by atoms with Crippen LogP contribution in [-0.4, -0.2) is 36.1 Å². The molecule has 1 aromatic carbocycles. The zero-order valence-corrected chi connectivity index (χ0v) is 14.7. The Labute approximate surface area is 153 Å². The molecule has 1 heterocycles. The molecule has 0 aliphatic rings. The van der Waals surface area contributed by atoms with Gasteiger partial charge in [0.1, 0.15) is 23.1 Å². The van der Waals surface area contributed by atoms with Crippen LogP contribution < -0.4 is 10.5 Å². The van der Waals surface area contributed by atoms with Crippen LogP contribution in [0, 0.1) is 5.82 Å². The van der Waals surface area contributed by atoms with Gasteiger partial charge in [-0.3, -0.25) is 4.79 Å². The lowest BCUT2D eigenvalue weighted by Crippen LogP contribution is -2.14. The highest BCUT2D eigenvalue weighted by Gasteiger charge is 2.22. The first kappa shape index (κ1) is 19.1. The van der Waals surface area contributed by atoms with E-state index in [1.807, 2.05) is 0 Å². The molecule has 2 N–H and O–H groups in total. The van der Waals surface area contributed by atoms with Crippen molar-refractivity contribution in [2.24, 2.45) is 0 Å². The molecule has 1 aromatic heterocycles. The molecule has 0 spiro atoms. The summed E-state index contributed by atoms with van der Waals surface area (Å²) in [6.07, 6.45) is 1.49. The van der Waals surface area contributed by atoms with Gasteiger partial charge in [0.15, 0.2) is 17.4 Å². The molecule has 6 nitrogen and oxygen atoms in total. The Morgan fingerprint density at radius 3 is 2.76 bits per heavy atom. The Morgan fingerprint density at radius 2 is 2.12 bits per heavy atom. The zero-order chi connectivity index (χ0) is 18.6. The number of ketones is 1. The van der Waals surface area contributed by atoms with Crippen LogP contribution in [0.5, 0.6) is 5.75 Å². The highest BCUT2D eigenvalue weighted by atomic mass is 35.5. The second-order valence-corrected chi connectivity index (χ2v) is 5.55. The van der Waals surface area contributed by atoms with Crippen molar-refractivity contribution in [3.8, 4) is 17.1 Å². The maximum absolute atomic E-state index is 14.5. The maximum atomic E-state index is 14.5. The molecule has 0 aliphatic heterocycles. The molecule has 0 unspecified atom stereocenters. The number of methoxy groups -OCH3 is 1. The molecule has 0 saturated carbocycles. The number of hydrogen-bond donors (Lipinski definition) is 1. The molecular weight excluding hydrogens is 372 g/mol. The first-order valence-electron chi connectivity index (χ1n) is 6.97. The normalized spacial score (nSPS) is 10.6. The molecule has 25 heavy (non-hydrogen) atoms. The Hall–Kier alpha value is -2.22. The second kappa shape index (κ2) is 8.24. The van der Waals surface area contributed by atoms with Crippen LogP contribution in [0.3, 0.4) is 0 Å². The third-order valence-corrected chi connectivity index (χ3v) is 3.77. The van der Waals surface area contributed by atoms with E-state index in [-0.39, 0.29) is 51.9 Å². The molecule has 2 rings (SSSR count). The topological polar surface area (TPSA) is 87.3 Å². The number of nitrogens with zero attached hydrogens (tertiary/aromatic N) is 2. The van der Waals surface area contributed by atoms with Crippen LogP contribution >= 0.6 is 23.2 Å². The predicted molar refractivity (Wildman–Crippen MR) is 93.8 cm³/mol. The van der Waals surface area contributed by atoms with E-state index in [9.17, 15) is 9.18 Å². The van der Waals surface area contributed by atoms with Gasteiger partial charge in [-0.2, -0.15) is 0 Å². The number of hydrogen-bond acceptors (Lipinski definition) is 6. The van der Waals surface area contributed by atoms with Gasteiger partial charge >= 0.3 is 0 Å². The van der Waals surface area contributed by atoms with Gasteiger partial charge in [-0.15, -0.1) is 6.58 Å². The van der Waals surface area contributed by atoms with Crippen LogP contribution in [0.4, 0.5) is 10.2 Å². The van der Waals surface area contributed by atoms with E-state index < -0.39 is 11.6 Å². The van der Waals surface area contributed by atoms with E-state index in [0.717, 1.165) is 0 Å². The molecule has 0 atom stereocenters. The SMILES string of the molecule is C=CCOCC(=O)c1nc(-c2ccc(Cl)c(OC)c2F)nc(N)c1Cl. The number of halogens is 3. The number of carbonyl (C=O) groups is 1. The maximum Gasteiger partial charge on any atom is 0.208 e. The number of nitrogen functional groups attached to an aromatic ring is 1. The minimum Gasteiger partial charge on any atom is -0.492 e. The van der Waals surface area contributed by atoms with E-state index in [2.05, 4.69) is 16.5 Å². The molecule has 132 valence electrons. The number of carbonyl (C=O) groups excluding carboxylic acids is 1. The molecule has 2 aromatic rings. The summed E-state index contributed by atoms with van der Waals surface area (Å²) >= 11 is 11.9. The minimum atomic E-state index is -0.780. The fourth-order valence-corrected chi connectivity index (χ4v) is 2.38. The van der Waals surface area contributed by atoms with Crippen LogP contribution in [-0.2, 0) is 4.74 Å². The predicted octanol–water partition coefficient (Wildman–Crippen LogP) is 3.57. The number of rotatable bonds is 7. The van der Waals surface area contributed by atoms with Crippen LogP contribution in [0.15, 0.2) is 24.8 Å². The first-order chi connectivity index (χ1) is 11.9. The number of ether oxygens (including phenoxy) is 2. The van der Waals surface area contributed by atoms with E-state index in [1.54, 1.807) is 0 Å². The average Bonchev–Trinajstić information content (AvgIpc) is 2.58. The summed E-state index contributed by atoms with van der Waals surface area (Å²) in [5.41, 5.74) is 5.53. The quantitative estimate of drug-likeness (QED) is 0.445. The Bertz CT molecular complexity index is 831. The lowest BCUT2D eigenvalue weighted by atomic mass is 10.1. The summed E-state index contributed by atoms with van der Waals surface area (Å²) in [5.74, 6) is -1.76. The smallest absolute Gasteiger partial charge is 0.208 e. The third kappa shape index (κ3) is 4.07. The molecule has 0 fully saturated rings. The fraction of sp³-hybridized carbons (Fsp3) is 0.188. The van der Waals surface area contributed by atoms with Crippen LogP contribution in [0.1, 0.15) is 10.5 Å². The molecule has 0 amide bonds. The minimum absolute atomic E-state index is 0.0364. The van der Waals surface area contributed by atoms with E-state index in [4.69, 9.17) is 38.4 Å². The summed E-state index contributed by atoms with van der Waals surface area (Å²) in [7, 11) is 1.27. The van der Waals surface area contributed by atoms with Gasteiger partial charge in [0.05, 0.1) is 24.3 Å². The largest absolute Gasteiger partial charge is 0.492 e. The standard InChI is InChI=1S/C16H14Cl2FN3O3/c1-3-6-25-7-10(23)13-11(18)15(20)22-16(21-13)8-4-5-9(17)14(24-2)12(8)19/h3-5H,1,6-7H2,2H3,(H2,20,21,22). The van der Waals surface area contributed by atoms with E-state index in [1.165, 1.54) is 25.3 Å². The summed E-state index contributed by atoms with van der Waals surface area (Å²) in [6.45, 7) is 3.37. The first-order valence-corrected chi connectivity index (χ1v) is 7.73. The van der Waals surface area contributed by atoms with Gasteiger partial charge in [-0.1, -0.05) is 29.3 Å². The molecule has 9 heteroatoms. The number of nitrogens with two attached hydrogens (primary N) is 1. The number of aromatic nitrogens is 2. The number of anilines is 1. The molecule has 0 saturated heterocycles. The van der Waals surface area contributed by atoms with Gasteiger partial charge in [-0.05, 0) is 12.1 Å². The van der Waals surface area contributed by atoms with Crippen LogP contribution in [0.25, 0.3) is 11.4 Å². The van der Waals surface area contributed by atoms with Crippen molar-refractivity contribution in [3.05, 3.63) is 46.3 Å². The monoisotopic (exact) mass is 385 g/mol. The molecule has 0 radical (unpaired) electrons. The number of Topliss-reactive ketones (excluding diaryl/α,β-unsaturated/α-hetero) is 1. The average molecular weight is 386 g/mol. The summed E-state index contributed by atoms with van der Waals surface area (Å²) in [6, 6.07) is 2.77. The third-order valence-electron chi connectivity index (χ3n) is 3.10. The van der Waals surface area contributed by atoms with Crippen molar-refractivity contribution in [1.82, 2.24) is 9.97 Å². The van der Waals surface area contributed by atoms with Gasteiger partial charge in [0.25, 0.3) is 0 Å². The van der Waals surface area contributed by atoms with Gasteiger partial charge < -0.3 is 15.2 Å². The highest BCUT2D eigenvalue weighted by Crippen LogP contribution is 2.34. The van der Waals surface area contributed by atoms with Crippen molar-refractivity contribution in [1.29, 1.82) is 0 Å². The summed E-state index contributed by atoms with van der Waals surface area (Å²) < 4.78 is 24.5. The van der Waals surface area contributed by atoms with E-state index >= 15 is 0 Å². The van der Waals surface area contributed by atoms with Crippen molar-refractivity contribution in [3.63, 3.8) is 0 Å². The highest BCUT2D eigenvalue weighted by molar-refractivity contribution is 6.35. The second-order valence-electron chi connectivity index (χ2n) is 4.76. The molecule has 0 bridgehead atoms.